The lowest BCUT2D eigenvalue weighted by Gasteiger charge is -2.10. The van der Waals surface area contributed by atoms with E-state index in [1.807, 2.05) is 0 Å². The topological polar surface area (TPSA) is 98.2 Å². The van der Waals surface area contributed by atoms with Crippen molar-refractivity contribution in [3.8, 4) is 17.2 Å². The number of hydrogen-bond acceptors (Lipinski definition) is 6. The number of amides is 2. The van der Waals surface area contributed by atoms with Crippen LogP contribution in [0.25, 0.3) is 6.08 Å². The molecule has 9 heteroatoms. The first kappa shape index (κ1) is 22.9. The Hall–Kier alpha value is -4.30. The third kappa shape index (κ3) is 5.54. The number of hydrazone groups is 1. The number of nitrogens with one attached hydrogen (secondary N) is 2. The summed E-state index contributed by atoms with van der Waals surface area (Å²) in [4.78, 5) is 25.6. The van der Waals surface area contributed by atoms with E-state index in [-0.39, 0.29) is 12.5 Å². The van der Waals surface area contributed by atoms with Gasteiger partial charge in [0.25, 0.3) is 11.8 Å². The maximum Gasteiger partial charge on any atom is 0.287 e. The maximum atomic E-state index is 12.9. The van der Waals surface area contributed by atoms with Gasteiger partial charge in [-0.1, -0.05) is 35.9 Å². The smallest absolute Gasteiger partial charge is 0.287 e. The predicted molar refractivity (Wildman–Crippen MR) is 128 cm³/mol. The monoisotopic (exact) mass is 477 g/mol. The molecule has 0 atom stereocenters. The number of benzene rings is 3. The Morgan fingerprint density at radius 2 is 1.82 bits per heavy atom. The van der Waals surface area contributed by atoms with Crippen molar-refractivity contribution in [3.63, 3.8) is 0 Å². The van der Waals surface area contributed by atoms with Crippen LogP contribution in [-0.2, 0) is 4.79 Å². The Kier molecular flexibility index (Phi) is 7.10. The van der Waals surface area contributed by atoms with Crippen molar-refractivity contribution in [1.29, 1.82) is 0 Å². The minimum absolute atomic E-state index is 0.0112. The zero-order valence-electron chi connectivity index (χ0n) is 18.1. The zero-order valence-corrected chi connectivity index (χ0v) is 18.8. The van der Waals surface area contributed by atoms with E-state index in [0.717, 1.165) is 0 Å². The molecule has 172 valence electrons. The first-order valence-electron chi connectivity index (χ1n) is 10.2. The second-order valence-corrected chi connectivity index (χ2v) is 7.51. The van der Waals surface area contributed by atoms with Crippen molar-refractivity contribution < 1.29 is 23.8 Å². The van der Waals surface area contributed by atoms with Crippen LogP contribution in [0, 0.1) is 0 Å². The van der Waals surface area contributed by atoms with Gasteiger partial charge in [0, 0.05) is 16.1 Å². The molecule has 0 bridgehead atoms. The average molecular weight is 478 g/mol. The Balaban J connectivity index is 1.57. The van der Waals surface area contributed by atoms with Crippen LogP contribution in [0.3, 0.4) is 0 Å². The summed E-state index contributed by atoms with van der Waals surface area (Å²) in [6.07, 6.45) is 2.92. The van der Waals surface area contributed by atoms with Gasteiger partial charge in [0.2, 0.25) is 6.79 Å². The molecule has 3 aromatic rings. The quantitative estimate of drug-likeness (QED) is 0.304. The zero-order chi connectivity index (χ0) is 23.9. The first-order valence-corrected chi connectivity index (χ1v) is 10.6. The van der Waals surface area contributed by atoms with Gasteiger partial charge in [-0.15, -0.1) is 0 Å². The van der Waals surface area contributed by atoms with Gasteiger partial charge in [-0.25, -0.2) is 5.43 Å². The lowest BCUT2D eigenvalue weighted by molar-refractivity contribution is -0.117. The molecule has 0 fully saturated rings. The average Bonchev–Trinajstić information content (AvgIpc) is 3.32. The van der Waals surface area contributed by atoms with Gasteiger partial charge >= 0.3 is 0 Å². The molecule has 3 aromatic carbocycles. The number of ether oxygens (including phenoxy) is 3. The summed E-state index contributed by atoms with van der Waals surface area (Å²) in [5.74, 6) is 0.629. The molecule has 1 aliphatic heterocycles. The molecule has 2 amide bonds. The highest BCUT2D eigenvalue weighted by Crippen LogP contribution is 2.33. The highest BCUT2D eigenvalue weighted by Gasteiger charge is 2.17. The number of carbonyl (C=O) groups excluding carboxylic acids is 2. The summed E-state index contributed by atoms with van der Waals surface area (Å²) in [7, 11) is 1.52. The highest BCUT2D eigenvalue weighted by molar-refractivity contribution is 6.30. The van der Waals surface area contributed by atoms with Gasteiger partial charge < -0.3 is 19.5 Å². The fourth-order valence-electron chi connectivity index (χ4n) is 3.14. The van der Waals surface area contributed by atoms with Gasteiger partial charge in [-0.2, -0.15) is 5.10 Å². The number of methoxy groups -OCH3 is 1. The van der Waals surface area contributed by atoms with Crippen molar-refractivity contribution in [2.75, 3.05) is 13.9 Å². The summed E-state index contributed by atoms with van der Waals surface area (Å²) in [6, 6.07) is 18.8. The molecule has 2 N–H and O–H groups in total. The van der Waals surface area contributed by atoms with Crippen LogP contribution in [0.4, 0.5) is 0 Å². The molecule has 0 spiro atoms. The molecular formula is C25H20ClN3O5. The summed E-state index contributed by atoms with van der Waals surface area (Å²) >= 11 is 6.03. The molecule has 0 saturated heterocycles. The second-order valence-electron chi connectivity index (χ2n) is 7.08. The van der Waals surface area contributed by atoms with Crippen molar-refractivity contribution in [3.05, 3.63) is 94.1 Å². The van der Waals surface area contributed by atoms with Gasteiger partial charge in [0.15, 0.2) is 11.5 Å². The molecule has 0 aliphatic carbocycles. The standard InChI is InChI=1S/C25H20ClN3O5/c1-32-21-10-8-19(26)13-18(21)14-27-29-25(31)20(28-24(30)17-5-3-2-4-6-17)11-16-7-9-22-23(12-16)34-15-33-22/h2-14H,15H2,1H3,(H,28,30)(H,29,31)/b20-11+,27-14+. The SMILES string of the molecule is COc1ccc(Cl)cc1/C=N/NC(=O)/C(=C\c1ccc2c(c1)OCO2)NC(=O)c1ccccc1. The second kappa shape index (κ2) is 10.5. The molecule has 8 nitrogen and oxygen atoms in total. The van der Waals surface area contributed by atoms with Gasteiger partial charge in [-0.3, -0.25) is 9.59 Å². The largest absolute Gasteiger partial charge is 0.496 e. The normalized spacial score (nSPS) is 12.5. The Morgan fingerprint density at radius 1 is 1.03 bits per heavy atom. The molecule has 1 aliphatic rings. The molecule has 4 rings (SSSR count). The molecular weight excluding hydrogens is 458 g/mol. The van der Waals surface area contributed by atoms with Crippen LogP contribution in [0.5, 0.6) is 17.2 Å². The van der Waals surface area contributed by atoms with Crippen molar-refractivity contribution in [1.82, 2.24) is 10.7 Å². The number of hydrogen-bond donors (Lipinski definition) is 2. The van der Waals surface area contributed by atoms with E-state index < -0.39 is 11.8 Å². The fraction of sp³-hybridized carbons (Fsp3) is 0.0800. The van der Waals surface area contributed by atoms with Crippen LogP contribution >= 0.6 is 11.6 Å². The van der Waals surface area contributed by atoms with Crippen LogP contribution in [0.2, 0.25) is 5.02 Å². The van der Waals surface area contributed by atoms with E-state index in [9.17, 15) is 9.59 Å². The highest BCUT2D eigenvalue weighted by atomic mass is 35.5. The van der Waals surface area contributed by atoms with E-state index in [2.05, 4.69) is 15.8 Å². The Morgan fingerprint density at radius 3 is 2.62 bits per heavy atom. The molecule has 0 saturated carbocycles. The van der Waals surface area contributed by atoms with Gasteiger partial charge in [0.1, 0.15) is 11.4 Å². The van der Waals surface area contributed by atoms with Crippen LogP contribution in [-0.4, -0.2) is 31.9 Å². The third-order valence-corrected chi connectivity index (χ3v) is 5.03. The number of carbonyl (C=O) groups is 2. The summed E-state index contributed by atoms with van der Waals surface area (Å²) in [6.45, 7) is 0.127. The van der Waals surface area contributed by atoms with E-state index in [0.29, 0.717) is 39.0 Å². The number of rotatable bonds is 7. The van der Waals surface area contributed by atoms with E-state index in [4.69, 9.17) is 25.8 Å². The van der Waals surface area contributed by atoms with Crippen LogP contribution in [0.15, 0.2) is 77.5 Å². The van der Waals surface area contributed by atoms with Gasteiger partial charge in [0.05, 0.1) is 13.3 Å². The lowest BCUT2D eigenvalue weighted by atomic mass is 10.1. The van der Waals surface area contributed by atoms with E-state index in [1.54, 1.807) is 66.7 Å². The van der Waals surface area contributed by atoms with Crippen molar-refractivity contribution in [2.45, 2.75) is 0 Å². The Labute approximate surface area is 200 Å². The summed E-state index contributed by atoms with van der Waals surface area (Å²) in [5.41, 5.74) is 4.02. The predicted octanol–water partition coefficient (Wildman–Crippen LogP) is 4.00. The summed E-state index contributed by atoms with van der Waals surface area (Å²) in [5, 5.41) is 7.13. The minimum atomic E-state index is -0.626. The fourth-order valence-corrected chi connectivity index (χ4v) is 3.32. The van der Waals surface area contributed by atoms with E-state index in [1.165, 1.54) is 19.4 Å². The van der Waals surface area contributed by atoms with E-state index >= 15 is 0 Å². The number of halogens is 1. The van der Waals surface area contributed by atoms with Crippen LogP contribution in [0.1, 0.15) is 21.5 Å². The summed E-state index contributed by atoms with van der Waals surface area (Å²) < 4.78 is 16.0. The number of nitrogens with zero attached hydrogens (tertiary/aromatic N) is 1. The van der Waals surface area contributed by atoms with Crippen molar-refractivity contribution in [2.24, 2.45) is 5.10 Å². The molecule has 1 heterocycles. The molecule has 34 heavy (non-hydrogen) atoms. The minimum Gasteiger partial charge on any atom is -0.496 e. The molecule has 0 aromatic heterocycles. The van der Waals surface area contributed by atoms with Crippen molar-refractivity contribution >= 4 is 35.7 Å². The van der Waals surface area contributed by atoms with Gasteiger partial charge in [-0.05, 0) is 54.1 Å². The lowest BCUT2D eigenvalue weighted by Crippen LogP contribution is -2.32. The van der Waals surface area contributed by atoms with Crippen LogP contribution < -0.4 is 25.0 Å². The maximum absolute atomic E-state index is 12.9. The first-order chi connectivity index (χ1) is 16.5. The molecule has 0 unspecified atom stereocenters. The third-order valence-electron chi connectivity index (χ3n) is 4.80. The number of fused-ring (bicyclic) bond motifs is 1. The molecule has 0 radical (unpaired) electrons. The Bertz CT molecular complexity index is 1270.